The third-order valence-corrected chi connectivity index (χ3v) is 1.60. The van der Waals surface area contributed by atoms with Gasteiger partial charge in [-0.25, -0.2) is 0 Å². The number of benzene rings is 1. The molecule has 0 aromatic heterocycles. The zero-order chi connectivity index (χ0) is 9.68. The zero-order valence-electron chi connectivity index (χ0n) is 8.71. The molecule has 1 aliphatic rings. The molecular weight excluding hydrogens is 160 g/mol. The highest BCUT2D eigenvalue weighted by atomic mass is 16.5. The Hall–Kier alpha value is -0.980. The smallest absolute Gasteiger partial charge is 0.122 e. The second-order valence-electron chi connectivity index (χ2n) is 3.94. The monoisotopic (exact) mass is 178 g/mol. The van der Waals surface area contributed by atoms with E-state index in [1.54, 1.807) is 0 Å². The molecule has 0 radical (unpaired) electrons. The summed E-state index contributed by atoms with van der Waals surface area (Å²) >= 11 is 0. The third kappa shape index (κ3) is 3.49. The van der Waals surface area contributed by atoms with Crippen LogP contribution in [0.4, 0.5) is 0 Å². The van der Waals surface area contributed by atoms with E-state index in [0.29, 0.717) is 0 Å². The molecule has 0 N–H and O–H groups in total. The van der Waals surface area contributed by atoms with Crippen molar-refractivity contribution >= 4 is 0 Å². The average Bonchev–Trinajstić information content (AvgIpc) is 2.49. The molecule has 1 heteroatoms. The Labute approximate surface area is 80.7 Å². The quantitative estimate of drug-likeness (QED) is 0.592. The first kappa shape index (κ1) is 10.1. The molecule has 1 aromatic carbocycles. The molecule has 1 aromatic rings. The van der Waals surface area contributed by atoms with E-state index in [0.717, 1.165) is 24.7 Å². The van der Waals surface area contributed by atoms with Gasteiger partial charge in [0, 0.05) is 6.42 Å². The lowest BCUT2D eigenvalue weighted by atomic mass is 10.2. The van der Waals surface area contributed by atoms with E-state index in [1.807, 2.05) is 18.2 Å². The Bertz CT molecular complexity index is 227. The molecule has 0 saturated carbocycles. The van der Waals surface area contributed by atoms with Crippen LogP contribution in [0.25, 0.3) is 0 Å². The minimum absolute atomic E-state index is 0.833. The van der Waals surface area contributed by atoms with Gasteiger partial charge in [-0.2, -0.15) is 0 Å². The number of hydrogen-bond acceptors (Lipinski definition) is 1. The lowest BCUT2D eigenvalue weighted by Gasteiger charge is -1.93. The topological polar surface area (TPSA) is 9.23 Å². The van der Waals surface area contributed by atoms with Crippen molar-refractivity contribution in [3.8, 4) is 5.75 Å². The van der Waals surface area contributed by atoms with Gasteiger partial charge in [0.1, 0.15) is 5.75 Å². The van der Waals surface area contributed by atoms with Crippen LogP contribution < -0.4 is 4.74 Å². The van der Waals surface area contributed by atoms with E-state index < -0.39 is 0 Å². The lowest BCUT2D eigenvalue weighted by Crippen LogP contribution is -1.85. The van der Waals surface area contributed by atoms with Gasteiger partial charge in [0.05, 0.1) is 6.61 Å². The van der Waals surface area contributed by atoms with E-state index >= 15 is 0 Å². The summed E-state index contributed by atoms with van der Waals surface area (Å²) in [6, 6.07) is 8.18. The van der Waals surface area contributed by atoms with Crippen LogP contribution in [0.1, 0.15) is 26.3 Å². The molecule has 0 spiro atoms. The Morgan fingerprint density at radius 1 is 1.15 bits per heavy atom. The number of para-hydroxylation sites is 1. The fourth-order valence-corrected chi connectivity index (χ4v) is 1.12. The third-order valence-electron chi connectivity index (χ3n) is 1.60. The van der Waals surface area contributed by atoms with Gasteiger partial charge in [0.15, 0.2) is 0 Å². The van der Waals surface area contributed by atoms with Crippen molar-refractivity contribution in [2.24, 2.45) is 5.92 Å². The summed E-state index contributed by atoms with van der Waals surface area (Å²) < 4.78 is 5.30. The molecule has 0 aliphatic carbocycles. The van der Waals surface area contributed by atoms with Crippen LogP contribution in [0, 0.1) is 5.92 Å². The van der Waals surface area contributed by atoms with Crippen LogP contribution in [-0.4, -0.2) is 6.61 Å². The summed E-state index contributed by atoms with van der Waals surface area (Å²) in [5.74, 6) is 1.90. The Balaban J connectivity index is 0.000000184. The summed E-state index contributed by atoms with van der Waals surface area (Å²) in [5, 5.41) is 0. The molecule has 13 heavy (non-hydrogen) atoms. The average molecular weight is 178 g/mol. The van der Waals surface area contributed by atoms with Crippen molar-refractivity contribution in [3.05, 3.63) is 29.8 Å². The maximum Gasteiger partial charge on any atom is 0.122 e. The first-order valence-electron chi connectivity index (χ1n) is 4.91. The molecule has 0 atom stereocenters. The fourth-order valence-electron chi connectivity index (χ4n) is 1.12. The molecule has 1 aliphatic heterocycles. The van der Waals surface area contributed by atoms with Crippen molar-refractivity contribution in [1.82, 2.24) is 0 Å². The van der Waals surface area contributed by atoms with Crippen LogP contribution >= 0.6 is 0 Å². The highest BCUT2D eigenvalue weighted by Crippen LogP contribution is 2.23. The molecule has 0 amide bonds. The first-order chi connectivity index (χ1) is 6.20. The van der Waals surface area contributed by atoms with Crippen molar-refractivity contribution in [2.75, 3.05) is 6.61 Å². The van der Waals surface area contributed by atoms with Crippen LogP contribution in [-0.2, 0) is 6.42 Å². The van der Waals surface area contributed by atoms with Gasteiger partial charge < -0.3 is 4.74 Å². The molecule has 0 unspecified atom stereocenters. The predicted molar refractivity (Wildman–Crippen MR) is 56.2 cm³/mol. The zero-order valence-corrected chi connectivity index (χ0v) is 8.71. The van der Waals surface area contributed by atoms with E-state index in [1.165, 1.54) is 5.56 Å². The molecule has 0 saturated heterocycles. The van der Waals surface area contributed by atoms with Gasteiger partial charge in [0.2, 0.25) is 0 Å². The minimum atomic E-state index is 0.833. The van der Waals surface area contributed by atoms with Crippen LogP contribution in [0.5, 0.6) is 5.75 Å². The highest BCUT2D eigenvalue weighted by Gasteiger charge is 2.08. The maximum absolute atomic E-state index is 5.30. The summed E-state index contributed by atoms with van der Waals surface area (Å²) in [4.78, 5) is 0. The van der Waals surface area contributed by atoms with Crippen LogP contribution in [0.15, 0.2) is 24.3 Å². The maximum atomic E-state index is 5.30. The van der Waals surface area contributed by atoms with Gasteiger partial charge in [0.25, 0.3) is 0 Å². The second-order valence-corrected chi connectivity index (χ2v) is 3.94. The van der Waals surface area contributed by atoms with Gasteiger partial charge in [-0.15, -0.1) is 0 Å². The Kier molecular flexibility index (Phi) is 3.81. The number of fused-ring (bicyclic) bond motifs is 1. The van der Waals surface area contributed by atoms with E-state index in [2.05, 4.69) is 26.8 Å². The van der Waals surface area contributed by atoms with E-state index in [9.17, 15) is 0 Å². The van der Waals surface area contributed by atoms with Crippen LogP contribution in [0.3, 0.4) is 0 Å². The number of hydrogen-bond donors (Lipinski definition) is 0. The van der Waals surface area contributed by atoms with Crippen molar-refractivity contribution in [2.45, 2.75) is 27.2 Å². The Morgan fingerprint density at radius 3 is 2.38 bits per heavy atom. The van der Waals surface area contributed by atoms with Gasteiger partial charge in [-0.05, 0) is 17.5 Å². The summed E-state index contributed by atoms with van der Waals surface area (Å²) in [6.45, 7) is 7.36. The minimum Gasteiger partial charge on any atom is -0.493 e. The molecule has 1 nitrogen and oxygen atoms in total. The normalized spacial score (nSPS) is 12.9. The van der Waals surface area contributed by atoms with Crippen LogP contribution in [0.2, 0.25) is 0 Å². The predicted octanol–water partition coefficient (Wildman–Crippen LogP) is 3.28. The number of ether oxygens (including phenoxy) is 1. The largest absolute Gasteiger partial charge is 0.493 e. The lowest BCUT2D eigenvalue weighted by molar-refractivity contribution is 0.357. The summed E-state index contributed by atoms with van der Waals surface area (Å²) in [6.07, 6.45) is 1.08. The summed E-state index contributed by atoms with van der Waals surface area (Å²) in [7, 11) is 0. The van der Waals surface area contributed by atoms with E-state index in [4.69, 9.17) is 4.74 Å². The summed E-state index contributed by atoms with van der Waals surface area (Å²) in [5.41, 5.74) is 1.34. The van der Waals surface area contributed by atoms with Gasteiger partial charge in [-0.3, -0.25) is 0 Å². The first-order valence-corrected chi connectivity index (χ1v) is 4.91. The second kappa shape index (κ2) is 4.90. The molecule has 0 fully saturated rings. The Morgan fingerprint density at radius 2 is 1.77 bits per heavy atom. The van der Waals surface area contributed by atoms with Gasteiger partial charge in [-0.1, -0.05) is 39.0 Å². The molecule has 1 heterocycles. The molecule has 0 bridgehead atoms. The van der Waals surface area contributed by atoms with Crippen molar-refractivity contribution in [3.63, 3.8) is 0 Å². The molecular formula is C12H18O. The van der Waals surface area contributed by atoms with Crippen molar-refractivity contribution < 1.29 is 4.74 Å². The SMILES string of the molecule is CC(C)C.c1ccc2c(c1)CCO2. The molecule has 2 rings (SSSR count). The van der Waals surface area contributed by atoms with Crippen molar-refractivity contribution in [1.29, 1.82) is 0 Å². The molecule has 72 valence electrons. The fraction of sp³-hybridized carbons (Fsp3) is 0.500. The van der Waals surface area contributed by atoms with Gasteiger partial charge >= 0.3 is 0 Å². The number of rotatable bonds is 0. The highest BCUT2D eigenvalue weighted by molar-refractivity contribution is 5.35. The standard InChI is InChI=1S/C8H8O.C4H10/c1-2-4-8-7(3-1)5-6-9-8;1-4(2)3/h1-4H,5-6H2;4H,1-3H3. The van der Waals surface area contributed by atoms with E-state index in [-0.39, 0.29) is 0 Å².